The van der Waals surface area contributed by atoms with Crippen LogP contribution in [0.4, 0.5) is 5.69 Å². The molecule has 0 saturated carbocycles. The van der Waals surface area contributed by atoms with Crippen molar-refractivity contribution < 1.29 is 0 Å². The lowest BCUT2D eigenvalue weighted by Gasteiger charge is -2.38. The van der Waals surface area contributed by atoms with E-state index in [4.69, 9.17) is 0 Å². The summed E-state index contributed by atoms with van der Waals surface area (Å²) in [6, 6.07) is 7.29. The molecule has 4 heteroatoms. The SMILES string of the molecule is CNC1CCN(c2ccc(I)c(Br)c2)CC1C. The Labute approximate surface area is 125 Å². The van der Waals surface area contributed by atoms with Gasteiger partial charge in [0, 0.05) is 32.9 Å². The predicted molar refractivity (Wildman–Crippen MR) is 85.7 cm³/mol. The zero-order valence-corrected chi connectivity index (χ0v) is 14.0. The van der Waals surface area contributed by atoms with Crippen molar-refractivity contribution in [3.8, 4) is 0 Å². The second-order valence-electron chi connectivity index (χ2n) is 4.71. The van der Waals surface area contributed by atoms with Crippen molar-refractivity contribution in [3.05, 3.63) is 26.2 Å². The first kappa shape index (κ1) is 13.6. The first-order chi connectivity index (χ1) is 8.11. The van der Waals surface area contributed by atoms with Crippen LogP contribution in [-0.2, 0) is 0 Å². The highest BCUT2D eigenvalue weighted by atomic mass is 127. The maximum Gasteiger partial charge on any atom is 0.0378 e. The molecule has 0 aromatic heterocycles. The molecule has 1 aromatic carbocycles. The van der Waals surface area contributed by atoms with Crippen LogP contribution in [0.25, 0.3) is 0 Å². The monoisotopic (exact) mass is 408 g/mol. The number of rotatable bonds is 2. The highest BCUT2D eigenvalue weighted by Crippen LogP contribution is 2.28. The van der Waals surface area contributed by atoms with Crippen LogP contribution in [0.1, 0.15) is 13.3 Å². The van der Waals surface area contributed by atoms with Gasteiger partial charge in [0.2, 0.25) is 0 Å². The van der Waals surface area contributed by atoms with E-state index in [1.165, 1.54) is 20.2 Å². The molecule has 0 aliphatic carbocycles. The Morgan fingerprint density at radius 3 is 2.82 bits per heavy atom. The number of nitrogens with zero attached hydrogens (tertiary/aromatic N) is 1. The lowest BCUT2D eigenvalue weighted by atomic mass is 9.93. The van der Waals surface area contributed by atoms with Crippen LogP contribution in [0, 0.1) is 9.49 Å². The summed E-state index contributed by atoms with van der Waals surface area (Å²) in [5, 5.41) is 3.41. The van der Waals surface area contributed by atoms with Crippen molar-refractivity contribution in [3.63, 3.8) is 0 Å². The fourth-order valence-corrected chi connectivity index (χ4v) is 3.19. The average Bonchev–Trinajstić information content (AvgIpc) is 2.32. The van der Waals surface area contributed by atoms with Gasteiger partial charge in [0.15, 0.2) is 0 Å². The molecule has 0 bridgehead atoms. The fraction of sp³-hybridized carbons (Fsp3) is 0.538. The second-order valence-corrected chi connectivity index (χ2v) is 6.72. The van der Waals surface area contributed by atoms with Crippen LogP contribution >= 0.6 is 38.5 Å². The summed E-state index contributed by atoms with van der Waals surface area (Å²) >= 11 is 5.96. The van der Waals surface area contributed by atoms with E-state index >= 15 is 0 Å². The quantitative estimate of drug-likeness (QED) is 0.753. The van der Waals surface area contributed by atoms with Crippen LogP contribution in [0.15, 0.2) is 22.7 Å². The van der Waals surface area contributed by atoms with Crippen LogP contribution < -0.4 is 10.2 Å². The molecule has 1 aromatic rings. The van der Waals surface area contributed by atoms with Gasteiger partial charge in [-0.1, -0.05) is 6.92 Å². The molecule has 0 amide bonds. The van der Waals surface area contributed by atoms with Crippen molar-refractivity contribution in [2.45, 2.75) is 19.4 Å². The van der Waals surface area contributed by atoms with E-state index in [2.05, 4.69) is 80.9 Å². The van der Waals surface area contributed by atoms with Crippen molar-refractivity contribution in [2.24, 2.45) is 5.92 Å². The second kappa shape index (κ2) is 5.89. The minimum Gasteiger partial charge on any atom is -0.371 e. The van der Waals surface area contributed by atoms with Gasteiger partial charge < -0.3 is 10.2 Å². The number of halogens is 2. The van der Waals surface area contributed by atoms with Crippen molar-refractivity contribution in [1.82, 2.24) is 5.32 Å². The largest absolute Gasteiger partial charge is 0.371 e. The maximum absolute atomic E-state index is 3.61. The van der Waals surface area contributed by atoms with Crippen molar-refractivity contribution in [1.29, 1.82) is 0 Å². The number of nitrogens with one attached hydrogen (secondary N) is 1. The third-order valence-corrected chi connectivity index (χ3v) is 5.88. The van der Waals surface area contributed by atoms with Crippen LogP contribution in [0.5, 0.6) is 0 Å². The minimum absolute atomic E-state index is 0.665. The lowest BCUT2D eigenvalue weighted by Crippen LogP contribution is -2.47. The molecule has 1 aliphatic rings. The third kappa shape index (κ3) is 3.15. The molecule has 1 fully saturated rings. The van der Waals surface area contributed by atoms with Gasteiger partial charge >= 0.3 is 0 Å². The van der Waals surface area contributed by atoms with Gasteiger partial charge in [-0.3, -0.25) is 0 Å². The molecule has 1 N–H and O–H groups in total. The minimum atomic E-state index is 0.665. The summed E-state index contributed by atoms with van der Waals surface area (Å²) in [5.41, 5.74) is 1.33. The van der Waals surface area contributed by atoms with E-state index in [0.29, 0.717) is 12.0 Å². The molecule has 2 nitrogen and oxygen atoms in total. The molecular formula is C13H18BrIN2. The van der Waals surface area contributed by atoms with E-state index in [0.717, 1.165) is 13.1 Å². The van der Waals surface area contributed by atoms with Gasteiger partial charge in [0.05, 0.1) is 0 Å². The molecule has 2 unspecified atom stereocenters. The topological polar surface area (TPSA) is 15.3 Å². The molecule has 2 atom stereocenters. The first-order valence-electron chi connectivity index (χ1n) is 5.99. The summed E-state index contributed by atoms with van der Waals surface area (Å²) in [7, 11) is 2.07. The zero-order valence-electron chi connectivity index (χ0n) is 10.2. The summed E-state index contributed by atoms with van der Waals surface area (Å²) in [6.07, 6.45) is 1.22. The number of hydrogen-bond donors (Lipinski definition) is 1. The van der Waals surface area contributed by atoms with Crippen LogP contribution in [0.2, 0.25) is 0 Å². The van der Waals surface area contributed by atoms with E-state index in [9.17, 15) is 0 Å². The van der Waals surface area contributed by atoms with Crippen molar-refractivity contribution in [2.75, 3.05) is 25.0 Å². The standard InChI is InChI=1S/C13H18BrIN2/c1-9-8-17(6-5-13(9)16-2)10-3-4-12(15)11(14)7-10/h3-4,7,9,13,16H,5-6,8H2,1-2H3. The highest BCUT2D eigenvalue weighted by Gasteiger charge is 2.24. The van der Waals surface area contributed by atoms with Gasteiger partial charge in [-0.05, 0) is 76.1 Å². The third-order valence-electron chi connectivity index (χ3n) is 3.54. The number of piperidine rings is 1. The van der Waals surface area contributed by atoms with Gasteiger partial charge in [-0.25, -0.2) is 0 Å². The molecule has 2 rings (SSSR count). The highest BCUT2D eigenvalue weighted by molar-refractivity contribution is 14.1. The van der Waals surface area contributed by atoms with E-state index in [-0.39, 0.29) is 0 Å². The number of hydrogen-bond acceptors (Lipinski definition) is 2. The fourth-order valence-electron chi connectivity index (χ4n) is 2.49. The summed E-state index contributed by atoms with van der Waals surface area (Å²) in [6.45, 7) is 4.61. The molecule has 17 heavy (non-hydrogen) atoms. The van der Waals surface area contributed by atoms with Crippen molar-refractivity contribution >= 4 is 44.2 Å². The van der Waals surface area contributed by atoms with Gasteiger partial charge in [-0.2, -0.15) is 0 Å². The Kier molecular flexibility index (Phi) is 4.72. The van der Waals surface area contributed by atoms with Gasteiger partial charge in [0.25, 0.3) is 0 Å². The lowest BCUT2D eigenvalue weighted by molar-refractivity contribution is 0.339. The van der Waals surface area contributed by atoms with Crippen LogP contribution in [-0.4, -0.2) is 26.2 Å². The Hall–Kier alpha value is 0.190. The molecule has 1 aliphatic heterocycles. The Morgan fingerprint density at radius 2 is 2.24 bits per heavy atom. The summed E-state index contributed by atoms with van der Waals surface area (Å²) in [4.78, 5) is 2.49. The smallest absolute Gasteiger partial charge is 0.0378 e. The molecule has 94 valence electrons. The normalized spacial score (nSPS) is 25.1. The zero-order chi connectivity index (χ0) is 12.4. The maximum atomic E-state index is 3.61. The Bertz CT molecular complexity index is 397. The molecule has 0 radical (unpaired) electrons. The summed E-state index contributed by atoms with van der Waals surface area (Å²) in [5.74, 6) is 0.701. The van der Waals surface area contributed by atoms with E-state index < -0.39 is 0 Å². The Balaban J connectivity index is 2.11. The molecular weight excluding hydrogens is 391 g/mol. The Morgan fingerprint density at radius 1 is 1.47 bits per heavy atom. The molecule has 0 spiro atoms. The van der Waals surface area contributed by atoms with E-state index in [1.807, 2.05) is 0 Å². The van der Waals surface area contributed by atoms with Gasteiger partial charge in [0.1, 0.15) is 0 Å². The summed E-state index contributed by atoms with van der Waals surface area (Å²) < 4.78 is 2.46. The predicted octanol–water partition coefficient (Wildman–Crippen LogP) is 3.49. The van der Waals surface area contributed by atoms with Gasteiger partial charge in [-0.15, -0.1) is 0 Å². The molecule has 1 heterocycles. The molecule has 1 saturated heterocycles. The number of anilines is 1. The van der Waals surface area contributed by atoms with E-state index in [1.54, 1.807) is 0 Å². The van der Waals surface area contributed by atoms with Crippen LogP contribution in [0.3, 0.4) is 0 Å². The average molecular weight is 409 g/mol. The first-order valence-corrected chi connectivity index (χ1v) is 7.86. The number of benzene rings is 1.